The minimum atomic E-state index is -3.97. The van der Waals surface area contributed by atoms with Crippen molar-refractivity contribution in [2.24, 2.45) is 13.0 Å². The zero-order valence-corrected chi connectivity index (χ0v) is 30.7. The van der Waals surface area contributed by atoms with Gasteiger partial charge in [0, 0.05) is 37.1 Å². The van der Waals surface area contributed by atoms with E-state index in [-0.39, 0.29) is 45.0 Å². The van der Waals surface area contributed by atoms with Gasteiger partial charge in [0.2, 0.25) is 15.9 Å². The molecule has 0 spiro atoms. The highest BCUT2D eigenvalue weighted by molar-refractivity contribution is 7.92. The number of fused-ring (bicyclic) bond motifs is 5. The van der Waals surface area contributed by atoms with Crippen molar-refractivity contribution in [3.8, 4) is 5.69 Å². The highest BCUT2D eigenvalue weighted by Gasteiger charge is 2.67. The second-order valence-corrected chi connectivity index (χ2v) is 16.0. The van der Waals surface area contributed by atoms with Gasteiger partial charge in [0.05, 0.1) is 39.3 Å². The Hall–Kier alpha value is -5.57. The summed E-state index contributed by atoms with van der Waals surface area (Å²) in [6.45, 7) is -1.08. The number of carbonyl (C=O) groups is 1. The van der Waals surface area contributed by atoms with Crippen molar-refractivity contribution >= 4 is 55.2 Å². The van der Waals surface area contributed by atoms with E-state index in [0.717, 1.165) is 27.6 Å². The molecule has 22 heteroatoms. The third-order valence-electron chi connectivity index (χ3n) is 9.83. The Bertz CT molecular complexity index is 2860. The quantitative estimate of drug-likeness (QED) is 0.154. The van der Waals surface area contributed by atoms with Gasteiger partial charge in [-0.05, 0) is 48.2 Å². The number of halogens is 9. The first kappa shape index (κ1) is 38.3. The van der Waals surface area contributed by atoms with E-state index in [1.165, 1.54) is 19.2 Å². The molecule has 12 nitrogen and oxygen atoms in total. The predicted octanol–water partition coefficient (Wildman–Crippen LogP) is 6.30. The summed E-state index contributed by atoms with van der Waals surface area (Å²) < 4.78 is 147. The normalized spacial score (nSPS) is 17.6. The number of alkyl halides is 4. The lowest BCUT2D eigenvalue weighted by Crippen LogP contribution is -2.38. The largest absolute Gasteiger partial charge is 0.344 e. The van der Waals surface area contributed by atoms with Crippen LogP contribution in [-0.4, -0.2) is 49.7 Å². The number of nitrogens with one attached hydrogen (secondary N) is 2. The number of sulfonamides is 1. The van der Waals surface area contributed by atoms with Crippen molar-refractivity contribution in [1.82, 2.24) is 34.4 Å². The van der Waals surface area contributed by atoms with E-state index < -0.39 is 116 Å². The number of aryl methyl sites for hydroxylation is 1. The molecule has 8 rings (SSSR count). The number of aromatic nitrogens is 6. The number of amides is 1. The zero-order chi connectivity index (χ0) is 41.0. The van der Waals surface area contributed by atoms with Gasteiger partial charge in [-0.25, -0.2) is 39.7 Å². The molecule has 3 aromatic heterocycles. The average molecular weight is 841 g/mol. The van der Waals surface area contributed by atoms with E-state index in [1.54, 1.807) is 0 Å². The van der Waals surface area contributed by atoms with Crippen LogP contribution in [0.1, 0.15) is 53.1 Å². The van der Waals surface area contributed by atoms with Crippen molar-refractivity contribution in [3.63, 3.8) is 0 Å². The van der Waals surface area contributed by atoms with E-state index in [1.807, 2.05) is 0 Å². The molecular formula is C35H25ClF8N8O4S. The molecule has 0 bridgehead atoms. The minimum Gasteiger partial charge on any atom is -0.344 e. The maximum absolute atomic E-state index is 15.4. The summed E-state index contributed by atoms with van der Waals surface area (Å²) in [4.78, 5) is 32.7. The van der Waals surface area contributed by atoms with Crippen LogP contribution in [0.4, 0.5) is 40.9 Å². The number of hydrogen-bond acceptors (Lipinski definition) is 7. The van der Waals surface area contributed by atoms with Gasteiger partial charge in [0.1, 0.15) is 46.7 Å². The molecular weight excluding hydrogens is 816 g/mol. The second-order valence-electron chi connectivity index (χ2n) is 13.8. The molecule has 3 heterocycles. The number of rotatable bonds is 10. The average Bonchev–Trinajstić information content (AvgIpc) is 3.63. The molecule has 3 aromatic carbocycles. The first-order valence-corrected chi connectivity index (χ1v) is 19.1. The van der Waals surface area contributed by atoms with Crippen LogP contribution in [-0.2, 0) is 40.8 Å². The number of nitrogens with zero attached hydrogens (tertiary/aromatic N) is 6. The minimum absolute atomic E-state index is 0.0457. The molecule has 2 aliphatic carbocycles. The molecule has 0 aliphatic heterocycles. The summed E-state index contributed by atoms with van der Waals surface area (Å²) in [6, 6.07) is 4.15. The van der Waals surface area contributed by atoms with Gasteiger partial charge in [-0.2, -0.15) is 19.0 Å². The number of carbonyl (C=O) groups excluding carboxylic acids is 1. The molecule has 2 aliphatic rings. The fourth-order valence-corrected chi connectivity index (χ4v) is 8.34. The first-order valence-electron chi connectivity index (χ1n) is 16.8. The molecule has 0 radical (unpaired) electrons. The molecule has 6 aromatic rings. The monoisotopic (exact) mass is 840 g/mol. The molecule has 298 valence electrons. The summed E-state index contributed by atoms with van der Waals surface area (Å²) in [6.07, 6.45) is -3.08. The summed E-state index contributed by atoms with van der Waals surface area (Å²) in [5.74, 6) is -12.4. The lowest BCUT2D eigenvalue weighted by atomic mass is 10.0. The van der Waals surface area contributed by atoms with E-state index in [2.05, 4.69) is 25.2 Å². The van der Waals surface area contributed by atoms with Crippen LogP contribution in [0.5, 0.6) is 0 Å². The van der Waals surface area contributed by atoms with Crippen molar-refractivity contribution in [3.05, 3.63) is 109 Å². The van der Waals surface area contributed by atoms with E-state index >= 15 is 13.2 Å². The molecule has 1 saturated carbocycles. The van der Waals surface area contributed by atoms with Crippen LogP contribution in [0.15, 0.2) is 47.3 Å². The Balaban J connectivity index is 1.34. The predicted molar refractivity (Wildman–Crippen MR) is 188 cm³/mol. The molecule has 1 unspecified atom stereocenters. The molecule has 1 fully saturated rings. The van der Waals surface area contributed by atoms with Crippen molar-refractivity contribution in [2.75, 3.05) is 11.0 Å². The lowest BCUT2D eigenvalue weighted by Gasteiger charge is -2.24. The second kappa shape index (κ2) is 13.3. The van der Waals surface area contributed by atoms with Gasteiger partial charge >= 0.3 is 0 Å². The Morgan fingerprint density at radius 3 is 2.39 bits per heavy atom. The number of hydrogen-bond donors (Lipinski definition) is 2. The number of benzene rings is 3. The van der Waals surface area contributed by atoms with Crippen LogP contribution >= 0.6 is 11.6 Å². The van der Waals surface area contributed by atoms with Gasteiger partial charge in [-0.1, -0.05) is 11.6 Å². The molecule has 0 saturated heterocycles. The van der Waals surface area contributed by atoms with E-state index in [9.17, 15) is 40.0 Å². The maximum atomic E-state index is 15.4. The first-order chi connectivity index (χ1) is 26.7. The topological polar surface area (TPSA) is 146 Å². The van der Waals surface area contributed by atoms with Gasteiger partial charge in [-0.3, -0.25) is 28.2 Å². The van der Waals surface area contributed by atoms with Gasteiger partial charge < -0.3 is 5.32 Å². The Labute approximate surface area is 320 Å². The Kier molecular flexibility index (Phi) is 8.91. The van der Waals surface area contributed by atoms with Crippen LogP contribution < -0.4 is 15.6 Å². The Morgan fingerprint density at radius 1 is 1.04 bits per heavy atom. The summed E-state index contributed by atoms with van der Waals surface area (Å²) in [7, 11) is -2.62. The molecule has 2 N–H and O–H groups in total. The Morgan fingerprint density at radius 2 is 1.72 bits per heavy atom. The molecule has 3 atom stereocenters. The maximum Gasteiger partial charge on any atom is 0.293 e. The van der Waals surface area contributed by atoms with E-state index in [0.29, 0.717) is 22.9 Å². The van der Waals surface area contributed by atoms with Crippen molar-refractivity contribution in [2.45, 2.75) is 43.7 Å². The molecule has 1 amide bonds. The smallest absolute Gasteiger partial charge is 0.293 e. The van der Waals surface area contributed by atoms with Crippen LogP contribution in [0, 0.1) is 29.2 Å². The third-order valence-corrected chi connectivity index (χ3v) is 10.7. The van der Waals surface area contributed by atoms with Gasteiger partial charge in [-0.15, -0.1) is 0 Å². The SMILES string of the molecule is Cn1nc(NS(C)(=O)=O)c2c(Cl)ccc(-n3c(C(Cc4cc(F)cc(F)c4)NC(=O)Cn4nc(C(F)F)c5c4C(F)(F)[C@@H]4C[C@H]54)nc4c(F)cc(F)cc4c3=O)c21. The summed E-state index contributed by atoms with van der Waals surface area (Å²) >= 11 is 6.49. The standard InChI is InChI=1S/C35H25ClF8N8O4S/c1-50-29-23(4-3-20(36)26(29)32(48-50)49-57(2,55)56)52-33(46-27-18(34(52)54)9-16(39)10-21(27)40)22(7-13-5-14(37)8-15(38)6-13)45-24(53)12-51-30-25(28(47-51)31(41)42)17-11-19(17)35(30,43)44/h3-6,8-10,17,19,22,31H,7,11-12H2,1-2H3,(H,45,53)(H,48,49)/t17-,19+,22?/m0/s1. The highest BCUT2D eigenvalue weighted by Crippen LogP contribution is 2.68. The van der Waals surface area contributed by atoms with Crippen LogP contribution in [0.3, 0.4) is 0 Å². The molecule has 57 heavy (non-hydrogen) atoms. The van der Waals surface area contributed by atoms with Crippen LogP contribution in [0.2, 0.25) is 5.02 Å². The fourth-order valence-electron chi connectivity index (χ4n) is 7.61. The lowest BCUT2D eigenvalue weighted by molar-refractivity contribution is -0.123. The highest BCUT2D eigenvalue weighted by atomic mass is 35.5. The van der Waals surface area contributed by atoms with E-state index in [4.69, 9.17) is 11.6 Å². The van der Waals surface area contributed by atoms with Crippen molar-refractivity contribution in [1.29, 1.82) is 0 Å². The van der Waals surface area contributed by atoms with Gasteiger partial charge in [0.15, 0.2) is 11.6 Å². The van der Waals surface area contributed by atoms with Crippen molar-refractivity contribution < 1.29 is 48.3 Å². The zero-order valence-electron chi connectivity index (χ0n) is 29.1. The summed E-state index contributed by atoms with van der Waals surface area (Å²) in [5.41, 5.74) is -4.39. The van der Waals surface area contributed by atoms with Crippen LogP contribution in [0.25, 0.3) is 27.5 Å². The van der Waals surface area contributed by atoms with Gasteiger partial charge in [0.25, 0.3) is 17.9 Å². The summed E-state index contributed by atoms with van der Waals surface area (Å²) in [5, 5.41) is 9.53. The third kappa shape index (κ3) is 6.55. The fraction of sp³-hybridized carbons (Fsp3) is 0.286. The number of anilines is 1.